The second kappa shape index (κ2) is 11.8. The molecular weight excluding hydrogens is 558 g/mol. The topological polar surface area (TPSA) is 139 Å². The van der Waals surface area contributed by atoms with Crippen LogP contribution >= 0.6 is 11.3 Å². The summed E-state index contributed by atoms with van der Waals surface area (Å²) in [5, 5.41) is 26.4. The minimum absolute atomic E-state index is 0.176. The van der Waals surface area contributed by atoms with Crippen molar-refractivity contribution in [2.45, 2.75) is 24.9 Å². The van der Waals surface area contributed by atoms with Gasteiger partial charge < -0.3 is 20.1 Å². The predicted molar refractivity (Wildman–Crippen MR) is 157 cm³/mol. The predicted octanol–water partition coefficient (Wildman–Crippen LogP) is 6.30. The molecule has 0 aliphatic carbocycles. The number of anilines is 1. The number of hydrogen-bond acceptors (Lipinski definition) is 7. The lowest BCUT2D eigenvalue weighted by atomic mass is 9.78. The molecule has 4 aromatic rings. The van der Waals surface area contributed by atoms with Crippen molar-refractivity contribution in [3.05, 3.63) is 122 Å². The Morgan fingerprint density at radius 1 is 0.976 bits per heavy atom. The summed E-state index contributed by atoms with van der Waals surface area (Å²) in [4.78, 5) is 53.9. The summed E-state index contributed by atoms with van der Waals surface area (Å²) in [5.41, 5.74) is 2.00. The van der Waals surface area contributed by atoms with Crippen molar-refractivity contribution in [2.24, 2.45) is 5.92 Å². The molecule has 4 unspecified atom stereocenters. The second-order valence-corrected chi connectivity index (χ2v) is 10.9. The summed E-state index contributed by atoms with van der Waals surface area (Å²) in [5.74, 6) is -3.06. The van der Waals surface area contributed by atoms with Crippen molar-refractivity contribution in [1.29, 1.82) is 0 Å². The van der Waals surface area contributed by atoms with E-state index in [4.69, 9.17) is 4.74 Å². The van der Waals surface area contributed by atoms with Crippen LogP contribution in [0.4, 0.5) is 16.2 Å². The third kappa shape index (κ3) is 5.46. The Hall–Kier alpha value is -5.03. The van der Waals surface area contributed by atoms with E-state index in [1.54, 1.807) is 53.9 Å². The van der Waals surface area contributed by atoms with Crippen LogP contribution in [0, 0.1) is 23.0 Å². The summed E-state index contributed by atoms with van der Waals surface area (Å²) in [6, 6.07) is 19.6. The van der Waals surface area contributed by atoms with Crippen molar-refractivity contribution in [2.75, 3.05) is 12.4 Å². The number of carbonyl (C=O) groups excluding carboxylic acids is 2. The summed E-state index contributed by atoms with van der Waals surface area (Å²) in [7, 11) is 1.51. The van der Waals surface area contributed by atoms with Gasteiger partial charge in [0.05, 0.1) is 24.0 Å². The number of thiophene rings is 1. The quantitative estimate of drug-likeness (QED) is 0.141. The molecule has 1 aliphatic heterocycles. The van der Waals surface area contributed by atoms with E-state index < -0.39 is 46.6 Å². The van der Waals surface area contributed by atoms with E-state index >= 15 is 0 Å². The number of rotatable bonds is 8. The minimum atomic E-state index is -1.40. The maximum atomic E-state index is 14.3. The van der Waals surface area contributed by atoms with Gasteiger partial charge in [0, 0.05) is 34.2 Å². The number of nitro groups is 1. The van der Waals surface area contributed by atoms with Gasteiger partial charge in [-0.2, -0.15) is 0 Å². The van der Waals surface area contributed by atoms with Crippen molar-refractivity contribution in [3.63, 3.8) is 0 Å². The monoisotopic (exact) mass is 585 g/mol. The molecule has 1 fully saturated rings. The normalized spacial score (nSPS) is 19.7. The Bertz CT molecular complexity index is 1600. The van der Waals surface area contributed by atoms with Gasteiger partial charge in [0.25, 0.3) is 5.69 Å². The molecule has 4 atom stereocenters. The van der Waals surface area contributed by atoms with Gasteiger partial charge in [0.15, 0.2) is 5.78 Å². The van der Waals surface area contributed by atoms with Crippen molar-refractivity contribution in [3.8, 4) is 5.75 Å². The zero-order chi connectivity index (χ0) is 30.0. The highest BCUT2D eigenvalue weighted by Crippen LogP contribution is 2.52. The number of ether oxygens (including phenoxy) is 1. The molecule has 3 aromatic carbocycles. The molecule has 0 bridgehead atoms. The molecule has 11 heteroatoms. The number of nitro benzene ring substituents is 1. The van der Waals surface area contributed by atoms with Gasteiger partial charge in [-0.1, -0.05) is 35.9 Å². The fourth-order valence-corrected chi connectivity index (χ4v) is 6.39. The number of non-ortho nitro benzene ring substituents is 1. The molecular formula is C31H27N3O7S. The van der Waals surface area contributed by atoms with Crippen LogP contribution in [0.5, 0.6) is 5.75 Å². The first-order valence-corrected chi connectivity index (χ1v) is 13.9. The Labute approximate surface area is 245 Å². The average molecular weight is 586 g/mol. The van der Waals surface area contributed by atoms with Crippen LogP contribution in [0.15, 0.2) is 90.3 Å². The molecule has 0 spiro atoms. The fourth-order valence-electron chi connectivity index (χ4n) is 5.49. The van der Waals surface area contributed by atoms with Crippen LogP contribution in [-0.2, 0) is 4.79 Å². The number of carboxylic acids is 1. The summed E-state index contributed by atoms with van der Waals surface area (Å²) >= 11 is 1.30. The van der Waals surface area contributed by atoms with Crippen molar-refractivity contribution >= 4 is 40.5 Å². The highest BCUT2D eigenvalue weighted by Gasteiger charge is 2.58. The van der Waals surface area contributed by atoms with Gasteiger partial charge in [-0.25, -0.2) is 9.59 Å². The Kier molecular flexibility index (Phi) is 8.03. The van der Waals surface area contributed by atoms with Gasteiger partial charge in [-0.05, 0) is 60.3 Å². The molecule has 2 heterocycles. The fraction of sp³-hybridized carbons (Fsp3) is 0.194. The smallest absolute Gasteiger partial charge is 0.327 e. The second-order valence-electron chi connectivity index (χ2n) is 9.94. The number of amides is 2. The number of aryl methyl sites for hydroxylation is 1. The number of nitrogens with zero attached hydrogens (tertiary/aromatic N) is 2. The molecule has 10 nitrogen and oxygen atoms in total. The van der Waals surface area contributed by atoms with Crippen LogP contribution < -0.4 is 10.1 Å². The number of nitrogens with one attached hydrogen (secondary N) is 1. The lowest BCUT2D eigenvalue weighted by Gasteiger charge is -2.30. The molecule has 5 rings (SSSR count). The first kappa shape index (κ1) is 28.5. The number of aliphatic carboxylic acids is 1. The van der Waals surface area contributed by atoms with Gasteiger partial charge in [0.1, 0.15) is 11.8 Å². The molecule has 214 valence electrons. The van der Waals surface area contributed by atoms with Crippen molar-refractivity contribution < 1.29 is 29.2 Å². The van der Waals surface area contributed by atoms with Crippen LogP contribution in [-0.4, -0.2) is 45.9 Å². The van der Waals surface area contributed by atoms with Crippen LogP contribution in [0.3, 0.4) is 0 Å². The maximum Gasteiger partial charge on any atom is 0.327 e. The van der Waals surface area contributed by atoms with Gasteiger partial charge in [0.2, 0.25) is 0 Å². The van der Waals surface area contributed by atoms with E-state index in [-0.39, 0.29) is 11.3 Å². The third-order valence-corrected chi connectivity index (χ3v) is 8.43. The van der Waals surface area contributed by atoms with Gasteiger partial charge in [-0.3, -0.25) is 14.9 Å². The third-order valence-electron chi connectivity index (χ3n) is 7.45. The van der Waals surface area contributed by atoms with E-state index in [2.05, 4.69) is 5.32 Å². The van der Waals surface area contributed by atoms with Crippen LogP contribution in [0.2, 0.25) is 0 Å². The van der Waals surface area contributed by atoms with E-state index in [9.17, 15) is 29.6 Å². The van der Waals surface area contributed by atoms with Crippen molar-refractivity contribution in [1.82, 2.24) is 4.90 Å². The lowest BCUT2D eigenvalue weighted by Crippen LogP contribution is -2.45. The number of hydrogen-bond donors (Lipinski definition) is 2. The van der Waals surface area contributed by atoms with E-state index in [1.165, 1.54) is 47.6 Å². The number of urea groups is 1. The SMILES string of the molecule is COc1ccc(C2C(C(=O)c3ccc([N+](=O)[O-])cc3)C(c3cccs3)C(C(=O)O)N2C(=O)Nc2ccc(C)cc2)cc1. The number of Topliss-reactive ketones (excluding diaryl/α,β-unsaturated/α-hetero) is 1. The number of carboxylic acid groups (broad SMARTS) is 1. The average Bonchev–Trinajstić information content (AvgIpc) is 3.64. The minimum Gasteiger partial charge on any atom is -0.497 e. The molecule has 1 saturated heterocycles. The van der Waals surface area contributed by atoms with E-state index in [0.29, 0.717) is 21.9 Å². The molecule has 2 N–H and O–H groups in total. The number of ketones is 1. The van der Waals surface area contributed by atoms with Crippen LogP contribution in [0.1, 0.15) is 38.3 Å². The Morgan fingerprint density at radius 2 is 1.64 bits per heavy atom. The van der Waals surface area contributed by atoms with Gasteiger partial charge >= 0.3 is 12.0 Å². The highest BCUT2D eigenvalue weighted by molar-refractivity contribution is 7.10. The zero-order valence-electron chi connectivity index (χ0n) is 22.7. The van der Waals surface area contributed by atoms with E-state index in [0.717, 1.165) is 5.56 Å². The van der Waals surface area contributed by atoms with Gasteiger partial charge in [-0.15, -0.1) is 11.3 Å². The number of carbonyl (C=O) groups is 3. The molecule has 0 radical (unpaired) electrons. The Morgan fingerprint density at radius 3 is 2.19 bits per heavy atom. The first-order chi connectivity index (χ1) is 20.2. The van der Waals surface area contributed by atoms with E-state index in [1.807, 2.05) is 19.1 Å². The molecule has 2 amide bonds. The molecule has 0 saturated carbocycles. The number of likely N-dealkylation sites (tertiary alicyclic amines) is 1. The summed E-state index contributed by atoms with van der Waals surface area (Å²) in [6.45, 7) is 1.91. The lowest BCUT2D eigenvalue weighted by molar-refractivity contribution is -0.384. The highest BCUT2D eigenvalue weighted by atomic mass is 32.1. The summed E-state index contributed by atoms with van der Waals surface area (Å²) in [6.07, 6.45) is 0. The van der Waals surface area contributed by atoms with Crippen LogP contribution in [0.25, 0.3) is 0 Å². The number of methoxy groups -OCH3 is 1. The Balaban J connectivity index is 1.68. The molecule has 1 aliphatic rings. The largest absolute Gasteiger partial charge is 0.497 e. The zero-order valence-corrected chi connectivity index (χ0v) is 23.5. The summed E-state index contributed by atoms with van der Waals surface area (Å²) < 4.78 is 5.30. The maximum absolute atomic E-state index is 14.3. The molecule has 42 heavy (non-hydrogen) atoms. The number of benzene rings is 3. The first-order valence-electron chi connectivity index (χ1n) is 13.0. The molecule has 1 aromatic heterocycles. The standard InChI is InChI=1S/C31H27N3O7S/c1-18-5-11-21(12-6-18)32-31(38)33-27(19-9-15-23(41-2)16-10-19)26(25(28(33)30(36)37)24-4-3-17-42-24)29(35)20-7-13-22(14-8-20)34(39)40/h3-17,25-28H,1-2H3,(H,32,38)(H,36,37).